The molecule has 0 bridgehead atoms. The lowest BCUT2D eigenvalue weighted by atomic mass is 10.1. The standard InChI is InChI=1S/C16H9BrF3NO/c17-15-8-4-12(10-21)9-13(15)5-1-11-2-6-14(7-3-11)22-16(18,19)20/h1-9H/b5-1+. The summed E-state index contributed by atoms with van der Waals surface area (Å²) in [7, 11) is 0. The Bertz CT molecular complexity index is 731. The van der Waals surface area contributed by atoms with Crippen LogP contribution in [0, 0.1) is 11.3 Å². The van der Waals surface area contributed by atoms with Gasteiger partial charge in [-0.2, -0.15) is 5.26 Å². The van der Waals surface area contributed by atoms with Crippen molar-refractivity contribution < 1.29 is 17.9 Å². The van der Waals surface area contributed by atoms with Gasteiger partial charge in [0.2, 0.25) is 0 Å². The highest BCUT2D eigenvalue weighted by atomic mass is 79.9. The fourth-order valence-corrected chi connectivity index (χ4v) is 2.09. The zero-order chi connectivity index (χ0) is 16.2. The summed E-state index contributed by atoms with van der Waals surface area (Å²) in [5.41, 5.74) is 2.04. The Balaban J connectivity index is 2.16. The maximum atomic E-state index is 12.1. The number of halogens is 4. The van der Waals surface area contributed by atoms with Gasteiger partial charge >= 0.3 is 6.36 Å². The largest absolute Gasteiger partial charge is 0.573 e. The zero-order valence-corrected chi connectivity index (χ0v) is 12.6. The number of hydrogen-bond donors (Lipinski definition) is 0. The monoisotopic (exact) mass is 367 g/mol. The maximum absolute atomic E-state index is 12.1. The highest BCUT2D eigenvalue weighted by molar-refractivity contribution is 9.10. The number of rotatable bonds is 3. The number of ether oxygens (including phenoxy) is 1. The Labute approximate surface area is 133 Å². The summed E-state index contributed by atoms with van der Waals surface area (Å²) in [5.74, 6) is -0.266. The molecule has 0 spiro atoms. The van der Waals surface area contributed by atoms with Crippen LogP contribution in [0.2, 0.25) is 0 Å². The summed E-state index contributed by atoms with van der Waals surface area (Å²) in [4.78, 5) is 0. The zero-order valence-electron chi connectivity index (χ0n) is 11.1. The minimum atomic E-state index is -4.69. The van der Waals surface area contributed by atoms with Gasteiger partial charge in [0.25, 0.3) is 0 Å². The van der Waals surface area contributed by atoms with Gasteiger partial charge in [-0.3, -0.25) is 0 Å². The predicted molar refractivity (Wildman–Crippen MR) is 80.9 cm³/mol. The lowest BCUT2D eigenvalue weighted by molar-refractivity contribution is -0.274. The van der Waals surface area contributed by atoms with Crippen LogP contribution in [0.15, 0.2) is 46.9 Å². The van der Waals surface area contributed by atoms with Gasteiger partial charge in [-0.15, -0.1) is 13.2 Å². The van der Waals surface area contributed by atoms with Crippen LogP contribution >= 0.6 is 15.9 Å². The van der Waals surface area contributed by atoms with Crippen molar-refractivity contribution in [1.29, 1.82) is 5.26 Å². The van der Waals surface area contributed by atoms with Gasteiger partial charge in [-0.1, -0.05) is 40.2 Å². The lowest BCUT2D eigenvalue weighted by Crippen LogP contribution is -2.16. The topological polar surface area (TPSA) is 33.0 Å². The molecule has 0 aliphatic rings. The molecule has 0 saturated carbocycles. The Morgan fingerprint density at radius 2 is 1.73 bits per heavy atom. The van der Waals surface area contributed by atoms with Gasteiger partial charge in [0.05, 0.1) is 11.6 Å². The van der Waals surface area contributed by atoms with Crippen molar-refractivity contribution in [3.05, 3.63) is 63.6 Å². The first kappa shape index (κ1) is 16.1. The van der Waals surface area contributed by atoms with E-state index in [1.165, 1.54) is 24.3 Å². The highest BCUT2D eigenvalue weighted by Crippen LogP contribution is 2.24. The summed E-state index contributed by atoms with van der Waals surface area (Å²) in [5, 5.41) is 8.87. The van der Waals surface area contributed by atoms with Crippen molar-refractivity contribution in [2.45, 2.75) is 6.36 Å². The Kier molecular flexibility index (Phi) is 4.88. The minimum Gasteiger partial charge on any atom is -0.406 e. The first-order chi connectivity index (χ1) is 10.4. The molecule has 0 atom stereocenters. The van der Waals surface area contributed by atoms with Crippen LogP contribution in [0.5, 0.6) is 5.75 Å². The second-order valence-electron chi connectivity index (χ2n) is 4.30. The van der Waals surface area contributed by atoms with E-state index in [9.17, 15) is 13.2 Å². The molecule has 112 valence electrons. The molecule has 0 aliphatic heterocycles. The van der Waals surface area contributed by atoms with E-state index >= 15 is 0 Å². The molecule has 2 aromatic rings. The Hall–Kier alpha value is -2.26. The smallest absolute Gasteiger partial charge is 0.406 e. The normalized spacial score (nSPS) is 11.4. The molecule has 0 amide bonds. The quantitative estimate of drug-likeness (QED) is 0.681. The lowest BCUT2D eigenvalue weighted by Gasteiger charge is -2.08. The number of nitrogens with zero attached hydrogens (tertiary/aromatic N) is 1. The molecule has 2 nitrogen and oxygen atoms in total. The van der Waals surface area contributed by atoms with Gasteiger partial charge in [-0.25, -0.2) is 0 Å². The van der Waals surface area contributed by atoms with E-state index in [2.05, 4.69) is 20.7 Å². The molecule has 22 heavy (non-hydrogen) atoms. The predicted octanol–water partition coefficient (Wildman–Crippen LogP) is 5.39. The third kappa shape index (κ3) is 4.64. The fraction of sp³-hybridized carbons (Fsp3) is 0.0625. The SMILES string of the molecule is N#Cc1ccc(Br)c(/C=C/c2ccc(OC(F)(F)F)cc2)c1. The minimum absolute atomic E-state index is 0.266. The number of nitriles is 1. The second kappa shape index (κ2) is 6.67. The van der Waals surface area contributed by atoms with Gasteiger partial charge in [0, 0.05) is 4.47 Å². The van der Waals surface area contributed by atoms with E-state index in [0.717, 1.165) is 10.0 Å². The Morgan fingerprint density at radius 1 is 1.05 bits per heavy atom. The van der Waals surface area contributed by atoms with E-state index in [0.29, 0.717) is 11.1 Å². The van der Waals surface area contributed by atoms with E-state index in [1.807, 2.05) is 6.07 Å². The van der Waals surface area contributed by atoms with Crippen molar-refractivity contribution in [2.75, 3.05) is 0 Å². The van der Waals surface area contributed by atoms with E-state index < -0.39 is 6.36 Å². The van der Waals surface area contributed by atoms with Crippen molar-refractivity contribution >= 4 is 28.1 Å². The molecule has 0 saturated heterocycles. The number of benzene rings is 2. The van der Waals surface area contributed by atoms with E-state index in [4.69, 9.17) is 5.26 Å². The molecular weight excluding hydrogens is 359 g/mol. The van der Waals surface area contributed by atoms with E-state index in [1.54, 1.807) is 30.4 Å². The average Bonchev–Trinajstić information content (AvgIpc) is 2.46. The van der Waals surface area contributed by atoms with Crippen molar-refractivity contribution in [3.8, 4) is 11.8 Å². The van der Waals surface area contributed by atoms with Gasteiger partial charge in [-0.05, 0) is 41.5 Å². The fourth-order valence-electron chi connectivity index (χ4n) is 1.71. The molecule has 0 unspecified atom stereocenters. The molecule has 0 aliphatic carbocycles. The summed E-state index contributed by atoms with van der Waals surface area (Å²) in [6.07, 6.45) is -1.19. The third-order valence-corrected chi connectivity index (χ3v) is 3.42. The molecule has 0 aromatic heterocycles. The molecular formula is C16H9BrF3NO. The van der Waals surface area contributed by atoms with Crippen LogP contribution in [0.1, 0.15) is 16.7 Å². The molecule has 2 rings (SSSR count). The molecule has 6 heteroatoms. The average molecular weight is 368 g/mol. The summed E-state index contributed by atoms with van der Waals surface area (Å²) in [6.45, 7) is 0. The number of alkyl halides is 3. The van der Waals surface area contributed by atoms with Crippen molar-refractivity contribution in [1.82, 2.24) is 0 Å². The molecule has 2 aromatic carbocycles. The Morgan fingerprint density at radius 3 is 2.32 bits per heavy atom. The number of hydrogen-bond acceptors (Lipinski definition) is 2. The van der Waals surface area contributed by atoms with E-state index in [-0.39, 0.29) is 5.75 Å². The third-order valence-electron chi connectivity index (χ3n) is 2.69. The molecule has 0 N–H and O–H groups in total. The highest BCUT2D eigenvalue weighted by Gasteiger charge is 2.30. The van der Waals surface area contributed by atoms with Crippen molar-refractivity contribution in [2.24, 2.45) is 0 Å². The first-order valence-corrected chi connectivity index (χ1v) is 6.90. The second-order valence-corrected chi connectivity index (χ2v) is 5.15. The molecule has 0 radical (unpaired) electrons. The van der Waals surface area contributed by atoms with Gasteiger partial charge in [0.15, 0.2) is 0 Å². The molecule has 0 heterocycles. The van der Waals surface area contributed by atoms with Crippen LogP contribution in [-0.2, 0) is 0 Å². The summed E-state index contributed by atoms with van der Waals surface area (Å²) >= 11 is 3.37. The van der Waals surface area contributed by atoms with Crippen LogP contribution in [-0.4, -0.2) is 6.36 Å². The maximum Gasteiger partial charge on any atom is 0.573 e. The first-order valence-electron chi connectivity index (χ1n) is 6.11. The summed E-state index contributed by atoms with van der Waals surface area (Å²) in [6, 6.07) is 12.7. The molecule has 0 fully saturated rings. The summed E-state index contributed by atoms with van der Waals surface area (Å²) < 4.78 is 40.8. The van der Waals surface area contributed by atoms with Gasteiger partial charge < -0.3 is 4.74 Å². The van der Waals surface area contributed by atoms with Crippen LogP contribution in [0.3, 0.4) is 0 Å². The van der Waals surface area contributed by atoms with Gasteiger partial charge in [0.1, 0.15) is 5.75 Å². The van der Waals surface area contributed by atoms with Crippen molar-refractivity contribution in [3.63, 3.8) is 0 Å². The van der Waals surface area contributed by atoms with Crippen LogP contribution in [0.25, 0.3) is 12.2 Å². The van der Waals surface area contributed by atoms with Crippen LogP contribution < -0.4 is 4.74 Å². The van der Waals surface area contributed by atoms with Crippen LogP contribution in [0.4, 0.5) is 13.2 Å².